The number of aromatic hydroxyl groups is 2. The highest BCUT2D eigenvalue weighted by Crippen LogP contribution is 2.32. The van der Waals surface area contributed by atoms with Crippen LogP contribution in [0.15, 0.2) is 52.4 Å². The molecule has 2 aromatic carbocycles. The lowest BCUT2D eigenvalue weighted by Crippen LogP contribution is -2.19. The van der Waals surface area contributed by atoms with Gasteiger partial charge >= 0.3 is 0 Å². The number of carbonyl (C=O) groups excluding carboxylic acids is 1. The Morgan fingerprint density at radius 2 is 1.87 bits per heavy atom. The number of nitrogens with zero attached hydrogens (tertiary/aromatic N) is 1. The molecule has 0 radical (unpaired) electrons. The van der Waals surface area contributed by atoms with E-state index in [0.717, 1.165) is 11.1 Å². The molecule has 116 valence electrons. The molecule has 23 heavy (non-hydrogen) atoms. The van der Waals surface area contributed by atoms with E-state index in [1.165, 1.54) is 11.8 Å². The van der Waals surface area contributed by atoms with Crippen molar-refractivity contribution < 1.29 is 15.0 Å². The molecule has 0 aliphatic carbocycles. The first-order valence-electron chi connectivity index (χ1n) is 6.89. The van der Waals surface area contributed by atoms with Crippen molar-refractivity contribution in [2.75, 3.05) is 0 Å². The Balaban J connectivity index is 1.84. The molecule has 0 bridgehead atoms. The van der Waals surface area contributed by atoms with E-state index in [0.29, 0.717) is 15.8 Å². The summed E-state index contributed by atoms with van der Waals surface area (Å²) in [5.41, 5.74) is 2.15. The Morgan fingerprint density at radius 1 is 1.13 bits per heavy atom. The fraction of sp³-hybridized carbons (Fsp3) is 0.0588. The number of hydrogen-bond donors (Lipinski definition) is 3. The fourth-order valence-corrected chi connectivity index (χ4v) is 2.87. The van der Waals surface area contributed by atoms with Crippen molar-refractivity contribution >= 4 is 34.6 Å². The molecule has 1 fully saturated rings. The second-order valence-corrected chi connectivity index (χ2v) is 6.10. The van der Waals surface area contributed by atoms with Crippen LogP contribution in [0.4, 0.5) is 5.69 Å². The molecule has 1 aliphatic rings. The molecule has 2 aromatic rings. The molecule has 0 aromatic heterocycles. The van der Waals surface area contributed by atoms with Gasteiger partial charge in [0.1, 0.15) is 17.2 Å². The first kappa shape index (κ1) is 15.2. The van der Waals surface area contributed by atoms with Gasteiger partial charge in [0.15, 0.2) is 5.17 Å². The summed E-state index contributed by atoms with van der Waals surface area (Å²) < 4.78 is 0. The summed E-state index contributed by atoms with van der Waals surface area (Å²) in [5, 5.41) is 22.2. The average molecular weight is 326 g/mol. The number of phenols is 2. The summed E-state index contributed by atoms with van der Waals surface area (Å²) in [7, 11) is 0. The summed E-state index contributed by atoms with van der Waals surface area (Å²) in [6.45, 7) is 1.88. The quantitative estimate of drug-likeness (QED) is 0.740. The summed E-state index contributed by atoms with van der Waals surface area (Å²) >= 11 is 1.20. The molecule has 5 nitrogen and oxygen atoms in total. The highest BCUT2D eigenvalue weighted by molar-refractivity contribution is 8.18. The number of nitrogens with one attached hydrogen (secondary N) is 1. The summed E-state index contributed by atoms with van der Waals surface area (Å²) in [5.74, 6) is 0.00418. The van der Waals surface area contributed by atoms with Crippen LogP contribution in [-0.2, 0) is 4.79 Å². The maximum Gasteiger partial charge on any atom is 0.264 e. The zero-order chi connectivity index (χ0) is 16.4. The van der Waals surface area contributed by atoms with Gasteiger partial charge in [-0.3, -0.25) is 4.79 Å². The van der Waals surface area contributed by atoms with Crippen molar-refractivity contribution in [2.45, 2.75) is 6.92 Å². The Labute approximate surface area is 137 Å². The molecular formula is C17H14N2O3S. The number of carbonyl (C=O) groups is 1. The number of hydrogen-bond acceptors (Lipinski definition) is 5. The molecule has 0 atom stereocenters. The van der Waals surface area contributed by atoms with Crippen molar-refractivity contribution in [1.82, 2.24) is 5.32 Å². The normalized spacial score (nSPS) is 17.7. The zero-order valence-corrected chi connectivity index (χ0v) is 13.1. The van der Waals surface area contributed by atoms with Gasteiger partial charge in [-0.15, -0.1) is 0 Å². The third-order valence-corrected chi connectivity index (χ3v) is 4.10. The molecule has 1 saturated heterocycles. The molecule has 0 spiro atoms. The summed E-state index contributed by atoms with van der Waals surface area (Å²) in [6.07, 6.45) is 1.72. The third-order valence-electron chi connectivity index (χ3n) is 3.19. The lowest BCUT2D eigenvalue weighted by Gasteiger charge is -2.01. The van der Waals surface area contributed by atoms with E-state index in [1.807, 2.05) is 13.0 Å². The lowest BCUT2D eigenvalue weighted by molar-refractivity contribution is -0.115. The van der Waals surface area contributed by atoms with E-state index in [-0.39, 0.29) is 17.4 Å². The van der Waals surface area contributed by atoms with Gasteiger partial charge in [0.05, 0.1) is 4.91 Å². The van der Waals surface area contributed by atoms with E-state index in [1.54, 1.807) is 42.5 Å². The van der Waals surface area contributed by atoms with Crippen molar-refractivity contribution in [3.63, 3.8) is 0 Å². The van der Waals surface area contributed by atoms with Crippen molar-refractivity contribution in [2.24, 2.45) is 4.99 Å². The van der Waals surface area contributed by atoms with Crippen molar-refractivity contribution in [3.8, 4) is 11.5 Å². The number of rotatable bonds is 2. The minimum atomic E-state index is -0.242. The molecule has 1 amide bonds. The van der Waals surface area contributed by atoms with Gasteiger partial charge in [-0.05, 0) is 60.2 Å². The average Bonchev–Trinajstić information content (AvgIpc) is 2.84. The summed E-state index contributed by atoms with van der Waals surface area (Å²) in [6, 6.07) is 11.7. The van der Waals surface area contributed by atoms with E-state index in [9.17, 15) is 15.0 Å². The monoisotopic (exact) mass is 326 g/mol. The summed E-state index contributed by atoms with van der Waals surface area (Å²) in [4.78, 5) is 16.8. The van der Waals surface area contributed by atoms with Crippen molar-refractivity contribution in [3.05, 3.63) is 58.5 Å². The minimum absolute atomic E-state index is 0.0725. The molecule has 0 unspecified atom stereocenters. The van der Waals surface area contributed by atoms with Gasteiger partial charge in [0.2, 0.25) is 0 Å². The van der Waals surface area contributed by atoms with Gasteiger partial charge in [-0.1, -0.05) is 18.2 Å². The molecule has 3 N–H and O–H groups in total. The number of aliphatic imine (C=N–C) groups is 1. The Morgan fingerprint density at radius 3 is 2.57 bits per heavy atom. The first-order valence-corrected chi connectivity index (χ1v) is 7.71. The number of amides is 1. The standard InChI is InChI=1S/C17H14N2O3S/c1-10-2-7-13(14(21)8-10)18-17-19-16(22)15(23-17)9-11-3-5-12(20)6-4-11/h2-9,20-21H,1H3,(H,18,19,22)/b15-9-. The van der Waals surface area contributed by atoms with Crippen LogP contribution >= 0.6 is 11.8 Å². The molecule has 1 aliphatic heterocycles. The van der Waals surface area contributed by atoms with Gasteiger partial charge in [-0.2, -0.15) is 0 Å². The van der Waals surface area contributed by atoms with Gasteiger partial charge in [0, 0.05) is 0 Å². The predicted octanol–water partition coefficient (Wildman–Crippen LogP) is 3.30. The SMILES string of the molecule is Cc1ccc(N=C2NC(=O)/C(=C/c3ccc(O)cc3)S2)c(O)c1. The van der Waals surface area contributed by atoms with E-state index < -0.39 is 0 Å². The smallest absolute Gasteiger partial charge is 0.264 e. The number of phenolic OH excluding ortho intramolecular Hbond substituents is 2. The first-order chi connectivity index (χ1) is 11.0. The number of aryl methyl sites for hydroxylation is 1. The second-order valence-electron chi connectivity index (χ2n) is 5.07. The minimum Gasteiger partial charge on any atom is -0.508 e. The Kier molecular flexibility index (Phi) is 4.08. The lowest BCUT2D eigenvalue weighted by atomic mass is 10.2. The largest absolute Gasteiger partial charge is 0.508 e. The Bertz CT molecular complexity index is 826. The maximum absolute atomic E-state index is 12.0. The van der Waals surface area contributed by atoms with Crippen LogP contribution in [0.2, 0.25) is 0 Å². The van der Waals surface area contributed by atoms with Crippen LogP contribution in [0.1, 0.15) is 11.1 Å². The zero-order valence-electron chi connectivity index (χ0n) is 12.3. The van der Waals surface area contributed by atoms with E-state index in [4.69, 9.17) is 0 Å². The van der Waals surface area contributed by atoms with Crippen LogP contribution in [0.3, 0.4) is 0 Å². The number of thioether (sulfide) groups is 1. The molecule has 1 heterocycles. The second kappa shape index (κ2) is 6.18. The van der Waals surface area contributed by atoms with Crippen LogP contribution in [0.25, 0.3) is 6.08 Å². The third kappa shape index (κ3) is 3.54. The Hall–Kier alpha value is -2.73. The molecule has 3 rings (SSSR count). The predicted molar refractivity (Wildman–Crippen MR) is 91.8 cm³/mol. The van der Waals surface area contributed by atoms with Crippen LogP contribution in [0.5, 0.6) is 11.5 Å². The van der Waals surface area contributed by atoms with Gasteiger partial charge in [0.25, 0.3) is 5.91 Å². The number of benzene rings is 2. The van der Waals surface area contributed by atoms with E-state index in [2.05, 4.69) is 10.3 Å². The van der Waals surface area contributed by atoms with E-state index >= 15 is 0 Å². The highest BCUT2D eigenvalue weighted by Gasteiger charge is 2.24. The van der Waals surface area contributed by atoms with Gasteiger partial charge in [-0.25, -0.2) is 4.99 Å². The maximum atomic E-state index is 12.0. The number of amidine groups is 1. The molecule has 6 heteroatoms. The van der Waals surface area contributed by atoms with Crippen LogP contribution in [-0.4, -0.2) is 21.3 Å². The molecule has 0 saturated carbocycles. The topological polar surface area (TPSA) is 81.9 Å². The molecular weight excluding hydrogens is 312 g/mol. The van der Waals surface area contributed by atoms with Gasteiger partial charge < -0.3 is 15.5 Å². The van der Waals surface area contributed by atoms with Crippen LogP contribution < -0.4 is 5.32 Å². The van der Waals surface area contributed by atoms with Crippen molar-refractivity contribution in [1.29, 1.82) is 0 Å². The fourth-order valence-electron chi connectivity index (χ4n) is 2.04. The van der Waals surface area contributed by atoms with Crippen LogP contribution in [0, 0.1) is 6.92 Å². The highest BCUT2D eigenvalue weighted by atomic mass is 32.2.